The number of carbonyl (C=O) groups excluding carboxylic acids is 1. The van der Waals surface area contributed by atoms with Crippen molar-refractivity contribution in [1.82, 2.24) is 15.5 Å². The zero-order chi connectivity index (χ0) is 16.9. The second-order valence-corrected chi connectivity index (χ2v) is 5.72. The molecule has 1 amide bonds. The van der Waals surface area contributed by atoms with Gasteiger partial charge in [-0.15, -0.1) is 10.2 Å². The number of hydrogen-bond donors (Lipinski definition) is 1. The van der Waals surface area contributed by atoms with Gasteiger partial charge < -0.3 is 14.5 Å². The van der Waals surface area contributed by atoms with Gasteiger partial charge in [-0.25, -0.2) is 0 Å². The highest BCUT2D eigenvalue weighted by Gasteiger charge is 2.14. The molecule has 3 rings (SSSR count). The van der Waals surface area contributed by atoms with Crippen LogP contribution in [0.2, 0.25) is 0 Å². The Morgan fingerprint density at radius 1 is 1.17 bits per heavy atom. The SMILES string of the molecule is COc1ccccc1-c1nnc(CNC(=O)c2ccccc2Br)o1. The lowest BCUT2D eigenvalue weighted by Gasteiger charge is -2.04. The molecule has 0 aliphatic rings. The van der Waals surface area contributed by atoms with Crippen LogP contribution < -0.4 is 10.1 Å². The van der Waals surface area contributed by atoms with Crippen molar-refractivity contribution in [3.8, 4) is 17.2 Å². The number of nitrogens with one attached hydrogen (secondary N) is 1. The van der Waals surface area contributed by atoms with Gasteiger partial charge >= 0.3 is 0 Å². The highest BCUT2D eigenvalue weighted by atomic mass is 79.9. The number of para-hydroxylation sites is 1. The van der Waals surface area contributed by atoms with Gasteiger partial charge in [0.05, 0.1) is 24.8 Å². The van der Waals surface area contributed by atoms with E-state index < -0.39 is 0 Å². The summed E-state index contributed by atoms with van der Waals surface area (Å²) in [6.45, 7) is 0.141. The molecule has 0 aliphatic carbocycles. The van der Waals surface area contributed by atoms with Crippen LogP contribution in [-0.2, 0) is 6.54 Å². The number of amides is 1. The maximum atomic E-state index is 12.2. The molecule has 0 aliphatic heterocycles. The van der Waals surface area contributed by atoms with Crippen molar-refractivity contribution in [2.75, 3.05) is 7.11 Å². The summed E-state index contributed by atoms with van der Waals surface area (Å²) in [5.41, 5.74) is 1.25. The van der Waals surface area contributed by atoms with Gasteiger partial charge in [0, 0.05) is 4.47 Å². The van der Waals surface area contributed by atoms with Crippen molar-refractivity contribution >= 4 is 21.8 Å². The summed E-state index contributed by atoms with van der Waals surface area (Å²) < 4.78 is 11.6. The van der Waals surface area contributed by atoms with Crippen LogP contribution in [0.1, 0.15) is 16.2 Å². The van der Waals surface area contributed by atoms with Gasteiger partial charge in [0.2, 0.25) is 5.89 Å². The Kier molecular flexibility index (Phi) is 4.90. The summed E-state index contributed by atoms with van der Waals surface area (Å²) in [7, 11) is 1.58. The first-order valence-corrected chi connectivity index (χ1v) is 7.97. The van der Waals surface area contributed by atoms with E-state index in [4.69, 9.17) is 9.15 Å². The first-order valence-electron chi connectivity index (χ1n) is 7.17. The van der Waals surface area contributed by atoms with Crippen LogP contribution in [0.5, 0.6) is 5.75 Å². The molecular weight excluding hydrogens is 374 g/mol. The number of nitrogens with zero attached hydrogens (tertiary/aromatic N) is 2. The summed E-state index contributed by atoms with van der Waals surface area (Å²) in [5.74, 6) is 1.08. The van der Waals surface area contributed by atoms with Crippen LogP contribution >= 0.6 is 15.9 Å². The molecule has 122 valence electrons. The molecule has 3 aromatic rings. The minimum absolute atomic E-state index is 0.141. The van der Waals surface area contributed by atoms with Gasteiger partial charge in [0.15, 0.2) is 0 Å². The second kappa shape index (κ2) is 7.27. The highest BCUT2D eigenvalue weighted by molar-refractivity contribution is 9.10. The molecule has 0 saturated heterocycles. The smallest absolute Gasteiger partial charge is 0.252 e. The quantitative estimate of drug-likeness (QED) is 0.725. The Morgan fingerprint density at radius 3 is 2.71 bits per heavy atom. The monoisotopic (exact) mass is 387 g/mol. The van der Waals surface area contributed by atoms with Crippen molar-refractivity contribution in [3.05, 3.63) is 64.5 Å². The zero-order valence-electron chi connectivity index (χ0n) is 12.8. The van der Waals surface area contributed by atoms with Crippen molar-refractivity contribution in [1.29, 1.82) is 0 Å². The largest absolute Gasteiger partial charge is 0.496 e. The number of aromatic nitrogens is 2. The van der Waals surface area contributed by atoms with Gasteiger partial charge in [-0.1, -0.05) is 24.3 Å². The van der Waals surface area contributed by atoms with E-state index >= 15 is 0 Å². The molecule has 0 bridgehead atoms. The van der Waals surface area contributed by atoms with E-state index in [0.29, 0.717) is 28.7 Å². The number of ether oxygens (including phenoxy) is 1. The molecule has 0 saturated carbocycles. The summed E-state index contributed by atoms with van der Waals surface area (Å²) >= 11 is 3.35. The van der Waals surface area contributed by atoms with Crippen molar-refractivity contribution in [2.24, 2.45) is 0 Å². The summed E-state index contributed by atoms with van der Waals surface area (Å²) in [5, 5.41) is 10.7. The standard InChI is InChI=1S/C17H14BrN3O3/c1-23-14-9-5-3-7-12(14)17-21-20-15(24-17)10-19-16(22)11-6-2-4-8-13(11)18/h2-9H,10H2,1H3,(H,19,22). The minimum atomic E-state index is -0.223. The van der Waals surface area contributed by atoms with Crippen LogP contribution in [0.25, 0.3) is 11.5 Å². The fraction of sp³-hybridized carbons (Fsp3) is 0.118. The molecule has 0 spiro atoms. The van der Waals surface area contributed by atoms with Gasteiger partial charge in [-0.05, 0) is 40.2 Å². The molecule has 1 N–H and O–H groups in total. The average Bonchev–Trinajstić information content (AvgIpc) is 3.09. The van der Waals surface area contributed by atoms with Gasteiger partial charge in [-0.2, -0.15) is 0 Å². The average molecular weight is 388 g/mol. The molecule has 1 aromatic heterocycles. The molecule has 0 atom stereocenters. The van der Waals surface area contributed by atoms with E-state index in [2.05, 4.69) is 31.4 Å². The highest BCUT2D eigenvalue weighted by Crippen LogP contribution is 2.28. The summed E-state index contributed by atoms with van der Waals surface area (Å²) in [6, 6.07) is 14.5. The van der Waals surface area contributed by atoms with E-state index in [1.54, 1.807) is 25.3 Å². The van der Waals surface area contributed by atoms with Gasteiger partial charge in [-0.3, -0.25) is 4.79 Å². The fourth-order valence-electron chi connectivity index (χ4n) is 2.15. The molecular formula is C17H14BrN3O3. The lowest BCUT2D eigenvalue weighted by Crippen LogP contribution is -2.23. The van der Waals surface area contributed by atoms with Crippen molar-refractivity contribution < 1.29 is 13.9 Å². The Labute approximate surface area is 147 Å². The topological polar surface area (TPSA) is 77.3 Å². The van der Waals surface area contributed by atoms with Gasteiger partial charge in [0.25, 0.3) is 11.8 Å². The van der Waals surface area contributed by atoms with E-state index in [9.17, 15) is 4.79 Å². The minimum Gasteiger partial charge on any atom is -0.496 e. The van der Waals surface area contributed by atoms with E-state index in [1.165, 1.54) is 0 Å². The van der Waals surface area contributed by atoms with Crippen LogP contribution in [0.3, 0.4) is 0 Å². The number of hydrogen-bond acceptors (Lipinski definition) is 5. The molecule has 0 unspecified atom stereocenters. The maximum Gasteiger partial charge on any atom is 0.252 e. The lowest BCUT2D eigenvalue weighted by molar-refractivity contribution is 0.0946. The Morgan fingerprint density at radius 2 is 1.92 bits per heavy atom. The van der Waals surface area contributed by atoms with Crippen LogP contribution in [0.15, 0.2) is 57.4 Å². The third-order valence-corrected chi connectivity index (χ3v) is 4.01. The molecule has 0 fully saturated rings. The first kappa shape index (κ1) is 16.2. The Balaban J connectivity index is 1.71. The van der Waals surface area contributed by atoms with E-state index in [-0.39, 0.29) is 12.5 Å². The number of halogens is 1. The summed E-state index contributed by atoms with van der Waals surface area (Å²) in [6.07, 6.45) is 0. The van der Waals surface area contributed by atoms with Gasteiger partial charge in [0.1, 0.15) is 5.75 Å². The van der Waals surface area contributed by atoms with Crippen LogP contribution in [0.4, 0.5) is 0 Å². The zero-order valence-corrected chi connectivity index (χ0v) is 14.4. The fourth-order valence-corrected chi connectivity index (χ4v) is 2.62. The van der Waals surface area contributed by atoms with Crippen LogP contribution in [-0.4, -0.2) is 23.2 Å². The van der Waals surface area contributed by atoms with E-state index in [0.717, 1.165) is 4.47 Å². The molecule has 24 heavy (non-hydrogen) atoms. The predicted molar refractivity (Wildman–Crippen MR) is 91.6 cm³/mol. The normalized spacial score (nSPS) is 10.4. The molecule has 2 aromatic carbocycles. The first-order chi connectivity index (χ1) is 11.7. The number of rotatable bonds is 5. The Hall–Kier alpha value is -2.67. The van der Waals surface area contributed by atoms with Crippen molar-refractivity contribution in [3.63, 3.8) is 0 Å². The van der Waals surface area contributed by atoms with E-state index in [1.807, 2.05) is 30.3 Å². The summed E-state index contributed by atoms with van der Waals surface area (Å²) in [4.78, 5) is 12.2. The number of benzene rings is 2. The third kappa shape index (κ3) is 3.46. The molecule has 0 radical (unpaired) electrons. The maximum absolute atomic E-state index is 12.2. The lowest BCUT2D eigenvalue weighted by atomic mass is 10.2. The second-order valence-electron chi connectivity index (χ2n) is 4.86. The van der Waals surface area contributed by atoms with Crippen LogP contribution in [0, 0.1) is 0 Å². The number of methoxy groups -OCH3 is 1. The Bertz CT molecular complexity index is 864. The number of carbonyl (C=O) groups is 1. The predicted octanol–water partition coefficient (Wildman–Crippen LogP) is 3.44. The molecule has 7 heteroatoms. The van der Waals surface area contributed by atoms with Crippen molar-refractivity contribution in [2.45, 2.75) is 6.54 Å². The molecule has 1 heterocycles. The third-order valence-electron chi connectivity index (χ3n) is 3.32. The molecule has 6 nitrogen and oxygen atoms in total.